The van der Waals surface area contributed by atoms with Gasteiger partial charge >= 0.3 is 0 Å². The highest BCUT2D eigenvalue weighted by Gasteiger charge is 2.23. The van der Waals surface area contributed by atoms with Crippen LogP contribution < -0.4 is 5.43 Å². The van der Waals surface area contributed by atoms with Gasteiger partial charge in [-0.3, -0.25) is 4.79 Å². The Kier molecular flexibility index (Phi) is 4.57. The molecule has 28 heavy (non-hydrogen) atoms. The van der Waals surface area contributed by atoms with Gasteiger partial charge in [0, 0.05) is 18.1 Å². The molecule has 6 heteroatoms. The molecular formula is C22H16FNO3S. The Morgan fingerprint density at radius 1 is 0.857 bits per heavy atom. The van der Waals surface area contributed by atoms with E-state index in [4.69, 9.17) is 0 Å². The van der Waals surface area contributed by atoms with E-state index >= 15 is 0 Å². The van der Waals surface area contributed by atoms with Gasteiger partial charge in [0.25, 0.3) is 0 Å². The van der Waals surface area contributed by atoms with Crippen molar-refractivity contribution >= 4 is 20.7 Å². The lowest BCUT2D eigenvalue weighted by Crippen LogP contribution is -2.19. The maximum atomic E-state index is 13.8. The van der Waals surface area contributed by atoms with E-state index in [1.165, 1.54) is 30.5 Å². The predicted octanol–water partition coefficient (Wildman–Crippen LogP) is 4.02. The van der Waals surface area contributed by atoms with Crippen molar-refractivity contribution in [3.63, 3.8) is 0 Å². The molecule has 0 aliphatic rings. The summed E-state index contributed by atoms with van der Waals surface area (Å²) in [6.45, 7) is 0.348. The van der Waals surface area contributed by atoms with Crippen LogP contribution in [0.4, 0.5) is 4.39 Å². The molecule has 4 nitrogen and oxygen atoms in total. The summed E-state index contributed by atoms with van der Waals surface area (Å²) >= 11 is 0. The molecule has 0 aliphatic carbocycles. The van der Waals surface area contributed by atoms with Crippen LogP contribution in [0.5, 0.6) is 0 Å². The monoisotopic (exact) mass is 393 g/mol. The van der Waals surface area contributed by atoms with Crippen molar-refractivity contribution in [1.82, 2.24) is 4.57 Å². The zero-order valence-corrected chi connectivity index (χ0v) is 15.6. The Morgan fingerprint density at radius 3 is 2.18 bits per heavy atom. The molecule has 140 valence electrons. The molecule has 4 aromatic rings. The Bertz CT molecular complexity index is 1310. The van der Waals surface area contributed by atoms with Crippen LogP contribution in [0.3, 0.4) is 0 Å². The van der Waals surface area contributed by atoms with Gasteiger partial charge in [0.1, 0.15) is 10.7 Å². The number of pyridine rings is 1. The number of aromatic nitrogens is 1. The van der Waals surface area contributed by atoms with Gasteiger partial charge in [-0.2, -0.15) is 0 Å². The van der Waals surface area contributed by atoms with Gasteiger partial charge in [-0.15, -0.1) is 0 Å². The van der Waals surface area contributed by atoms with Gasteiger partial charge in [-0.05, 0) is 35.9 Å². The Balaban J connectivity index is 2.00. The first kappa shape index (κ1) is 18.1. The van der Waals surface area contributed by atoms with Crippen LogP contribution in [0.15, 0.2) is 99.6 Å². The molecule has 0 spiro atoms. The second-order valence-corrected chi connectivity index (χ2v) is 8.33. The van der Waals surface area contributed by atoms with E-state index in [0.717, 1.165) is 11.6 Å². The number of hydrogen-bond donors (Lipinski definition) is 0. The van der Waals surface area contributed by atoms with E-state index < -0.39 is 21.1 Å². The lowest BCUT2D eigenvalue weighted by molar-refractivity contribution is 0.593. The van der Waals surface area contributed by atoms with Crippen LogP contribution in [-0.2, 0) is 16.4 Å². The molecule has 3 aromatic carbocycles. The van der Waals surface area contributed by atoms with Crippen LogP contribution >= 0.6 is 0 Å². The molecule has 0 unspecified atom stereocenters. The topological polar surface area (TPSA) is 56.1 Å². The standard InChI is InChI=1S/C22H16FNO3S/c23-17-11-12-20-19(13-17)22(25)21(28(26,27)18-9-5-2-6-10-18)15-24(20)14-16-7-3-1-4-8-16/h1-13,15H,14H2. The highest BCUT2D eigenvalue weighted by atomic mass is 32.2. The van der Waals surface area contributed by atoms with E-state index in [2.05, 4.69) is 0 Å². The van der Waals surface area contributed by atoms with Crippen molar-refractivity contribution < 1.29 is 12.8 Å². The first-order chi connectivity index (χ1) is 13.5. The number of rotatable bonds is 4. The third-order valence-corrected chi connectivity index (χ3v) is 6.31. The summed E-state index contributed by atoms with van der Waals surface area (Å²) < 4.78 is 41.7. The molecule has 1 heterocycles. The van der Waals surface area contributed by atoms with E-state index in [1.807, 2.05) is 30.3 Å². The Labute approximate surface area is 161 Å². The van der Waals surface area contributed by atoms with Crippen LogP contribution in [0.1, 0.15) is 5.56 Å². The molecule has 0 radical (unpaired) electrons. The fourth-order valence-corrected chi connectivity index (χ4v) is 4.56. The highest BCUT2D eigenvalue weighted by Crippen LogP contribution is 2.22. The van der Waals surface area contributed by atoms with Crippen molar-refractivity contribution in [1.29, 1.82) is 0 Å². The van der Waals surface area contributed by atoms with Crippen molar-refractivity contribution in [2.24, 2.45) is 0 Å². The summed E-state index contributed by atoms with van der Waals surface area (Å²) in [5.74, 6) is -0.592. The van der Waals surface area contributed by atoms with Gasteiger partial charge in [0.2, 0.25) is 15.3 Å². The summed E-state index contributed by atoms with van der Waals surface area (Å²) in [5.41, 5.74) is 0.699. The fourth-order valence-electron chi connectivity index (χ4n) is 3.17. The largest absolute Gasteiger partial charge is 0.341 e. The zero-order chi connectivity index (χ0) is 19.7. The fraction of sp³-hybridized carbons (Fsp3) is 0.0455. The molecule has 0 fully saturated rings. The predicted molar refractivity (Wildman–Crippen MR) is 106 cm³/mol. The van der Waals surface area contributed by atoms with Crippen molar-refractivity contribution in [2.45, 2.75) is 16.3 Å². The van der Waals surface area contributed by atoms with Crippen LogP contribution in [0.25, 0.3) is 10.9 Å². The number of fused-ring (bicyclic) bond motifs is 1. The number of nitrogens with zero attached hydrogens (tertiary/aromatic N) is 1. The molecule has 4 rings (SSSR count). The number of sulfone groups is 1. The second kappa shape index (κ2) is 7.05. The normalized spacial score (nSPS) is 11.6. The summed E-state index contributed by atoms with van der Waals surface area (Å²) in [4.78, 5) is 12.6. The van der Waals surface area contributed by atoms with Gasteiger partial charge in [-0.1, -0.05) is 48.5 Å². The van der Waals surface area contributed by atoms with Crippen LogP contribution in [-0.4, -0.2) is 13.0 Å². The summed E-state index contributed by atoms with van der Waals surface area (Å²) in [6, 6.07) is 21.0. The van der Waals surface area contributed by atoms with Gasteiger partial charge in [-0.25, -0.2) is 12.8 Å². The Morgan fingerprint density at radius 2 is 1.50 bits per heavy atom. The molecule has 0 aliphatic heterocycles. The second-order valence-electron chi connectivity index (χ2n) is 6.41. The molecule has 0 atom stereocenters. The minimum absolute atomic E-state index is 0.0223. The summed E-state index contributed by atoms with van der Waals surface area (Å²) in [5, 5.41) is 0.0351. The van der Waals surface area contributed by atoms with Gasteiger partial charge < -0.3 is 4.57 Å². The smallest absolute Gasteiger partial charge is 0.211 e. The van der Waals surface area contributed by atoms with Crippen LogP contribution in [0, 0.1) is 5.82 Å². The Hall–Kier alpha value is -3.25. The molecule has 0 saturated heterocycles. The highest BCUT2D eigenvalue weighted by molar-refractivity contribution is 7.91. The summed E-state index contributed by atoms with van der Waals surface area (Å²) in [6.07, 6.45) is 1.35. The quantitative estimate of drug-likeness (QED) is 0.526. The van der Waals surface area contributed by atoms with Crippen molar-refractivity contribution in [3.8, 4) is 0 Å². The van der Waals surface area contributed by atoms with E-state index in [0.29, 0.717) is 12.1 Å². The average Bonchev–Trinajstić information content (AvgIpc) is 2.71. The average molecular weight is 393 g/mol. The van der Waals surface area contributed by atoms with Crippen LogP contribution in [0.2, 0.25) is 0 Å². The van der Waals surface area contributed by atoms with E-state index in [9.17, 15) is 17.6 Å². The summed E-state index contributed by atoms with van der Waals surface area (Å²) in [7, 11) is -4.04. The van der Waals surface area contributed by atoms with Crippen molar-refractivity contribution in [3.05, 3.63) is 107 Å². The maximum Gasteiger partial charge on any atom is 0.211 e. The number of halogens is 1. The first-order valence-electron chi connectivity index (χ1n) is 8.63. The van der Waals surface area contributed by atoms with Gasteiger partial charge in [0.05, 0.1) is 10.4 Å². The third kappa shape index (κ3) is 3.23. The van der Waals surface area contributed by atoms with E-state index in [-0.39, 0.29) is 15.2 Å². The minimum atomic E-state index is -4.04. The number of hydrogen-bond acceptors (Lipinski definition) is 3. The molecule has 1 aromatic heterocycles. The van der Waals surface area contributed by atoms with Gasteiger partial charge in [0.15, 0.2) is 0 Å². The lowest BCUT2D eigenvalue weighted by Gasteiger charge is -2.14. The molecular weight excluding hydrogens is 377 g/mol. The van der Waals surface area contributed by atoms with Crippen molar-refractivity contribution in [2.75, 3.05) is 0 Å². The molecule has 0 N–H and O–H groups in total. The SMILES string of the molecule is O=c1c(S(=O)(=O)c2ccccc2)cn(Cc2ccccc2)c2ccc(F)cc12. The zero-order valence-electron chi connectivity index (χ0n) is 14.7. The lowest BCUT2D eigenvalue weighted by atomic mass is 10.1. The molecule has 0 amide bonds. The minimum Gasteiger partial charge on any atom is -0.341 e. The first-order valence-corrected chi connectivity index (χ1v) is 10.1. The maximum absolute atomic E-state index is 13.8. The number of benzene rings is 3. The third-order valence-electron chi connectivity index (χ3n) is 4.55. The van der Waals surface area contributed by atoms with E-state index in [1.54, 1.807) is 22.8 Å². The molecule has 0 bridgehead atoms. The molecule has 0 saturated carbocycles.